The Morgan fingerprint density at radius 2 is 2.26 bits per heavy atom. The number of nitriles is 1. The number of rotatable bonds is 4. The number of carbonyl (C=O) groups is 1. The summed E-state index contributed by atoms with van der Waals surface area (Å²) in [6.45, 7) is 2.53. The van der Waals surface area contributed by atoms with Gasteiger partial charge >= 0.3 is 0 Å². The Labute approximate surface area is 133 Å². The van der Waals surface area contributed by atoms with E-state index in [1.807, 2.05) is 23.2 Å². The van der Waals surface area contributed by atoms with Crippen molar-refractivity contribution in [2.24, 2.45) is 17.8 Å². The van der Waals surface area contributed by atoms with Crippen molar-refractivity contribution in [1.82, 2.24) is 19.9 Å². The van der Waals surface area contributed by atoms with Crippen LogP contribution in [0.2, 0.25) is 0 Å². The first-order valence-electron chi connectivity index (χ1n) is 7.83. The van der Waals surface area contributed by atoms with Crippen LogP contribution in [-0.2, 0) is 4.79 Å². The van der Waals surface area contributed by atoms with E-state index < -0.39 is 0 Å². The van der Waals surface area contributed by atoms with Crippen LogP contribution < -0.4 is 4.90 Å². The van der Waals surface area contributed by atoms with E-state index in [0.29, 0.717) is 17.8 Å². The number of aromatic nitrogens is 3. The van der Waals surface area contributed by atoms with Crippen LogP contribution in [0.15, 0.2) is 18.6 Å². The van der Waals surface area contributed by atoms with E-state index in [0.717, 1.165) is 36.5 Å². The highest BCUT2D eigenvalue weighted by molar-refractivity contribution is 5.87. The molecule has 3 heterocycles. The van der Waals surface area contributed by atoms with Gasteiger partial charge in [-0.1, -0.05) is 0 Å². The van der Waals surface area contributed by atoms with Crippen molar-refractivity contribution in [3.8, 4) is 6.07 Å². The quantitative estimate of drug-likeness (QED) is 0.910. The average molecular weight is 310 g/mol. The van der Waals surface area contributed by atoms with Crippen molar-refractivity contribution >= 4 is 22.8 Å². The maximum atomic E-state index is 11.8. The number of nitrogens with one attached hydrogen (secondary N) is 1. The molecule has 1 saturated heterocycles. The molecule has 4 rings (SSSR count). The molecular weight excluding hydrogens is 292 g/mol. The molecule has 23 heavy (non-hydrogen) atoms. The molecule has 0 radical (unpaired) electrons. The summed E-state index contributed by atoms with van der Waals surface area (Å²) in [5.74, 6) is 2.66. The lowest BCUT2D eigenvalue weighted by Crippen LogP contribution is -2.33. The first kappa shape index (κ1) is 14.0. The minimum atomic E-state index is -0.0309. The molecule has 1 aliphatic carbocycles. The van der Waals surface area contributed by atoms with Gasteiger partial charge in [-0.3, -0.25) is 4.79 Å². The topological polar surface area (TPSA) is 88.9 Å². The third-order valence-corrected chi connectivity index (χ3v) is 5.13. The Kier molecular flexibility index (Phi) is 3.18. The summed E-state index contributed by atoms with van der Waals surface area (Å²) < 4.78 is 0. The maximum Gasteiger partial charge on any atom is 0.236 e. The summed E-state index contributed by atoms with van der Waals surface area (Å²) in [4.78, 5) is 27.5. The van der Waals surface area contributed by atoms with Gasteiger partial charge in [0.05, 0.1) is 11.5 Å². The Bertz CT molecular complexity index is 781. The van der Waals surface area contributed by atoms with E-state index in [-0.39, 0.29) is 12.3 Å². The number of fused-ring (bicyclic) bond motifs is 2. The van der Waals surface area contributed by atoms with E-state index in [1.54, 1.807) is 6.33 Å². The molecule has 118 valence electrons. The van der Waals surface area contributed by atoms with E-state index in [9.17, 15) is 4.79 Å². The predicted molar refractivity (Wildman–Crippen MR) is 84.4 cm³/mol. The van der Waals surface area contributed by atoms with Crippen LogP contribution in [0.25, 0.3) is 11.0 Å². The van der Waals surface area contributed by atoms with Crippen LogP contribution in [0.5, 0.6) is 0 Å². The van der Waals surface area contributed by atoms with Crippen LogP contribution in [0, 0.1) is 29.1 Å². The number of amides is 1. The van der Waals surface area contributed by atoms with Gasteiger partial charge in [0.1, 0.15) is 24.2 Å². The normalized spacial score (nSPS) is 25.2. The number of hydrogen-bond acceptors (Lipinski definition) is 5. The third kappa shape index (κ3) is 2.31. The summed E-state index contributed by atoms with van der Waals surface area (Å²) in [7, 11) is 2.06. The second kappa shape index (κ2) is 5.23. The number of hydrogen-bond donors (Lipinski definition) is 1. The van der Waals surface area contributed by atoms with Crippen molar-refractivity contribution in [3.63, 3.8) is 0 Å². The Balaban J connectivity index is 1.39. The molecule has 0 aromatic carbocycles. The monoisotopic (exact) mass is 310 g/mol. The zero-order valence-electron chi connectivity index (χ0n) is 12.9. The highest BCUT2D eigenvalue weighted by Gasteiger charge is 2.56. The molecule has 1 N–H and O–H groups in total. The largest absolute Gasteiger partial charge is 0.359 e. The summed E-state index contributed by atoms with van der Waals surface area (Å²) in [5.41, 5.74) is 0.853. The van der Waals surface area contributed by atoms with Crippen LogP contribution >= 0.6 is 0 Å². The van der Waals surface area contributed by atoms with Crippen LogP contribution in [-0.4, -0.2) is 52.4 Å². The number of anilines is 1. The number of carbonyl (C=O) groups excluding carboxylic acids is 1. The molecule has 1 saturated carbocycles. The molecule has 0 spiro atoms. The van der Waals surface area contributed by atoms with Crippen LogP contribution in [0.3, 0.4) is 0 Å². The van der Waals surface area contributed by atoms with E-state index in [4.69, 9.17) is 5.26 Å². The fourth-order valence-corrected chi connectivity index (χ4v) is 3.87. The number of H-pyrrole nitrogens is 1. The molecule has 1 amide bonds. The first-order valence-corrected chi connectivity index (χ1v) is 7.83. The summed E-state index contributed by atoms with van der Waals surface area (Å²) in [5, 5.41) is 9.66. The zero-order chi connectivity index (χ0) is 16.0. The Morgan fingerprint density at radius 3 is 3.00 bits per heavy atom. The van der Waals surface area contributed by atoms with Crippen molar-refractivity contribution in [3.05, 3.63) is 18.6 Å². The van der Waals surface area contributed by atoms with Crippen molar-refractivity contribution in [1.29, 1.82) is 5.26 Å². The summed E-state index contributed by atoms with van der Waals surface area (Å²) in [6, 6.07) is 3.93. The van der Waals surface area contributed by atoms with Crippen LogP contribution in [0.4, 0.5) is 5.82 Å². The maximum absolute atomic E-state index is 11.8. The fraction of sp³-hybridized carbons (Fsp3) is 0.500. The number of piperidine rings is 1. The molecule has 2 aromatic rings. The van der Waals surface area contributed by atoms with Gasteiger partial charge in [0, 0.05) is 32.9 Å². The van der Waals surface area contributed by atoms with Crippen molar-refractivity contribution in [2.75, 3.05) is 31.6 Å². The third-order valence-electron chi connectivity index (χ3n) is 5.13. The lowest BCUT2D eigenvalue weighted by molar-refractivity contribution is -0.129. The number of likely N-dealkylation sites (tertiary alicyclic amines) is 1. The van der Waals surface area contributed by atoms with E-state index >= 15 is 0 Å². The molecule has 2 aliphatic rings. The Hall–Kier alpha value is -2.62. The van der Waals surface area contributed by atoms with Crippen molar-refractivity contribution < 1.29 is 4.79 Å². The predicted octanol–water partition coefficient (Wildman–Crippen LogP) is 1.01. The highest BCUT2D eigenvalue weighted by atomic mass is 16.2. The van der Waals surface area contributed by atoms with Gasteiger partial charge in [0.2, 0.25) is 5.91 Å². The molecule has 7 heteroatoms. The molecule has 7 nitrogen and oxygen atoms in total. The summed E-state index contributed by atoms with van der Waals surface area (Å²) in [6.07, 6.45) is 3.46. The average Bonchev–Trinajstić information content (AvgIpc) is 2.98. The highest BCUT2D eigenvalue weighted by Crippen LogP contribution is 2.52. The standard InChI is InChI=1S/C16H18N6O/c1-21(16-10-3-5-18-15(10)19-9-20-16)6-11-12-7-22(8-13(11)12)14(23)2-4-17/h3,5,9,11-13H,2,6-8H2,1H3,(H,18,19,20)/t11-,12+,13-. The second-order valence-corrected chi connectivity index (χ2v) is 6.44. The minimum Gasteiger partial charge on any atom is -0.359 e. The van der Waals surface area contributed by atoms with E-state index in [2.05, 4.69) is 26.9 Å². The van der Waals surface area contributed by atoms with Gasteiger partial charge in [0.15, 0.2) is 0 Å². The van der Waals surface area contributed by atoms with Gasteiger partial charge in [0.25, 0.3) is 0 Å². The smallest absolute Gasteiger partial charge is 0.236 e. The van der Waals surface area contributed by atoms with Gasteiger partial charge in [-0.2, -0.15) is 5.26 Å². The molecule has 2 fully saturated rings. The van der Waals surface area contributed by atoms with Gasteiger partial charge < -0.3 is 14.8 Å². The molecule has 1 aliphatic heterocycles. The van der Waals surface area contributed by atoms with Gasteiger partial charge in [-0.05, 0) is 23.8 Å². The summed E-state index contributed by atoms with van der Waals surface area (Å²) >= 11 is 0. The molecular formula is C16H18N6O. The lowest BCUT2D eigenvalue weighted by Gasteiger charge is -2.22. The van der Waals surface area contributed by atoms with E-state index in [1.165, 1.54) is 0 Å². The first-order chi connectivity index (χ1) is 11.2. The van der Waals surface area contributed by atoms with Gasteiger partial charge in [-0.25, -0.2) is 9.97 Å². The minimum absolute atomic E-state index is 0.00356. The lowest BCUT2D eigenvalue weighted by atomic mass is 10.2. The SMILES string of the molecule is CN(C[C@@H]1[C@@H]2CN(C(=O)CC#N)C[C@@H]21)c1ncnc2[nH]ccc12. The second-order valence-electron chi connectivity index (χ2n) is 6.44. The fourth-order valence-electron chi connectivity index (χ4n) is 3.87. The molecule has 2 aromatic heterocycles. The van der Waals surface area contributed by atoms with Crippen molar-refractivity contribution in [2.45, 2.75) is 6.42 Å². The van der Waals surface area contributed by atoms with Crippen LogP contribution in [0.1, 0.15) is 6.42 Å². The zero-order valence-corrected chi connectivity index (χ0v) is 12.9. The number of aromatic amines is 1. The molecule has 0 unspecified atom stereocenters. The van der Waals surface area contributed by atoms with Gasteiger partial charge in [-0.15, -0.1) is 0 Å². The Morgan fingerprint density at radius 1 is 1.48 bits per heavy atom. The molecule has 3 atom stereocenters. The number of nitrogens with zero attached hydrogens (tertiary/aromatic N) is 5. The molecule has 0 bridgehead atoms.